The Bertz CT molecular complexity index is 923. The van der Waals surface area contributed by atoms with Crippen molar-refractivity contribution in [2.75, 3.05) is 7.11 Å². The zero-order chi connectivity index (χ0) is 18.8. The molecule has 1 fully saturated rings. The van der Waals surface area contributed by atoms with Gasteiger partial charge in [0, 0.05) is 6.07 Å². The average molecular weight is 392 g/mol. The molecule has 10 heteroatoms. The van der Waals surface area contributed by atoms with Crippen LogP contribution in [0.5, 0.6) is 11.5 Å². The highest BCUT2D eigenvalue weighted by atomic mass is 32.2. The van der Waals surface area contributed by atoms with Crippen LogP contribution in [0.2, 0.25) is 0 Å². The second kappa shape index (κ2) is 7.18. The van der Waals surface area contributed by atoms with Crippen molar-refractivity contribution in [2.45, 2.75) is 6.54 Å². The van der Waals surface area contributed by atoms with Gasteiger partial charge in [0.2, 0.25) is 5.75 Å². The summed E-state index contributed by atoms with van der Waals surface area (Å²) in [5, 5.41) is 20.9. The predicted octanol–water partition coefficient (Wildman–Crippen LogP) is 3.30. The van der Waals surface area contributed by atoms with Crippen LogP contribution < -0.4 is 4.74 Å². The SMILES string of the molecule is COc1cc(/C=C2\SC(=S)N(Cc3ccco3)C2=O)cc([N+](=O)[O-])c1O. The zero-order valence-electron chi connectivity index (χ0n) is 13.4. The van der Waals surface area contributed by atoms with E-state index in [0.717, 1.165) is 17.8 Å². The lowest BCUT2D eigenvalue weighted by Gasteiger charge is -2.12. The highest BCUT2D eigenvalue weighted by Gasteiger charge is 2.33. The molecule has 1 aliphatic rings. The number of ether oxygens (including phenoxy) is 1. The largest absolute Gasteiger partial charge is 0.500 e. The number of furan rings is 1. The van der Waals surface area contributed by atoms with E-state index < -0.39 is 16.4 Å². The molecule has 0 aliphatic carbocycles. The normalized spacial score (nSPS) is 15.7. The summed E-state index contributed by atoms with van der Waals surface area (Å²) in [4.78, 5) is 24.6. The van der Waals surface area contributed by atoms with E-state index in [1.54, 1.807) is 12.1 Å². The molecule has 0 spiro atoms. The minimum atomic E-state index is -0.725. The summed E-state index contributed by atoms with van der Waals surface area (Å²) in [7, 11) is 1.28. The third-order valence-corrected chi connectivity index (χ3v) is 4.94. The fourth-order valence-electron chi connectivity index (χ4n) is 2.34. The molecular formula is C16H12N2O6S2. The predicted molar refractivity (Wildman–Crippen MR) is 98.7 cm³/mol. The lowest BCUT2D eigenvalue weighted by atomic mass is 10.1. The van der Waals surface area contributed by atoms with E-state index in [-0.39, 0.29) is 18.2 Å². The van der Waals surface area contributed by atoms with Crippen LogP contribution in [0.15, 0.2) is 39.9 Å². The van der Waals surface area contributed by atoms with E-state index in [9.17, 15) is 20.0 Å². The molecule has 0 atom stereocenters. The van der Waals surface area contributed by atoms with Crippen molar-refractivity contribution in [3.8, 4) is 11.5 Å². The van der Waals surface area contributed by atoms with Crippen LogP contribution in [0.1, 0.15) is 11.3 Å². The summed E-state index contributed by atoms with van der Waals surface area (Å²) in [5.41, 5.74) is -0.175. The Kier molecular flexibility index (Phi) is 4.96. The van der Waals surface area contributed by atoms with Crippen molar-refractivity contribution in [1.29, 1.82) is 0 Å². The van der Waals surface area contributed by atoms with Gasteiger partial charge in [-0.25, -0.2) is 0 Å². The van der Waals surface area contributed by atoms with Gasteiger partial charge < -0.3 is 14.3 Å². The molecule has 3 rings (SSSR count). The number of carbonyl (C=O) groups excluding carboxylic acids is 1. The van der Waals surface area contributed by atoms with Gasteiger partial charge in [-0.05, 0) is 29.8 Å². The monoisotopic (exact) mass is 392 g/mol. The number of thiocarbonyl (C=S) groups is 1. The molecule has 0 bridgehead atoms. The van der Waals surface area contributed by atoms with Crippen LogP contribution >= 0.6 is 24.0 Å². The average Bonchev–Trinajstić information content (AvgIpc) is 3.20. The molecule has 134 valence electrons. The summed E-state index contributed by atoms with van der Waals surface area (Å²) in [6.07, 6.45) is 2.97. The van der Waals surface area contributed by atoms with Gasteiger partial charge in [0.05, 0.1) is 29.7 Å². The summed E-state index contributed by atoms with van der Waals surface area (Å²) in [5.74, 6) is -0.368. The Morgan fingerprint density at radius 2 is 2.27 bits per heavy atom. The van der Waals surface area contributed by atoms with Gasteiger partial charge in [0.15, 0.2) is 5.75 Å². The maximum absolute atomic E-state index is 12.6. The van der Waals surface area contributed by atoms with Crippen LogP contribution in [0, 0.1) is 10.1 Å². The number of phenols is 1. The topological polar surface area (TPSA) is 106 Å². The molecule has 1 N–H and O–H groups in total. The number of amides is 1. The van der Waals surface area contributed by atoms with Crippen LogP contribution in [0.3, 0.4) is 0 Å². The van der Waals surface area contributed by atoms with E-state index >= 15 is 0 Å². The summed E-state index contributed by atoms with van der Waals surface area (Å²) in [6, 6.07) is 6.01. The Morgan fingerprint density at radius 1 is 1.50 bits per heavy atom. The third-order valence-electron chi connectivity index (χ3n) is 3.56. The number of aromatic hydroxyl groups is 1. The minimum Gasteiger partial charge on any atom is -0.500 e. The number of benzene rings is 1. The molecule has 1 saturated heterocycles. The number of hydrogen-bond donors (Lipinski definition) is 1. The van der Waals surface area contributed by atoms with Crippen LogP contribution in [0.4, 0.5) is 5.69 Å². The smallest absolute Gasteiger partial charge is 0.315 e. The Hall–Kier alpha value is -2.85. The van der Waals surface area contributed by atoms with Gasteiger partial charge in [-0.1, -0.05) is 24.0 Å². The second-order valence-corrected chi connectivity index (χ2v) is 6.87. The molecule has 26 heavy (non-hydrogen) atoms. The van der Waals surface area contributed by atoms with E-state index in [4.69, 9.17) is 21.4 Å². The molecule has 1 amide bonds. The van der Waals surface area contributed by atoms with Gasteiger partial charge in [-0.3, -0.25) is 19.8 Å². The third kappa shape index (κ3) is 3.41. The van der Waals surface area contributed by atoms with Gasteiger partial charge in [-0.15, -0.1) is 0 Å². The summed E-state index contributed by atoms with van der Waals surface area (Å²) in [6.45, 7) is 0.202. The van der Waals surface area contributed by atoms with Crippen molar-refractivity contribution >= 4 is 46.0 Å². The van der Waals surface area contributed by atoms with E-state index in [1.165, 1.54) is 30.4 Å². The first-order valence-electron chi connectivity index (χ1n) is 7.24. The fraction of sp³-hybridized carbons (Fsp3) is 0.125. The summed E-state index contributed by atoms with van der Waals surface area (Å²) < 4.78 is 10.5. The van der Waals surface area contributed by atoms with Crippen molar-refractivity contribution in [1.82, 2.24) is 4.90 Å². The van der Waals surface area contributed by atoms with Crippen LogP contribution in [-0.4, -0.2) is 32.3 Å². The molecule has 0 saturated carbocycles. The molecule has 1 aliphatic heterocycles. The van der Waals surface area contributed by atoms with Crippen LogP contribution in [-0.2, 0) is 11.3 Å². The lowest BCUT2D eigenvalue weighted by molar-refractivity contribution is -0.386. The van der Waals surface area contributed by atoms with Crippen molar-refractivity contribution in [3.63, 3.8) is 0 Å². The van der Waals surface area contributed by atoms with E-state index in [2.05, 4.69) is 0 Å². The van der Waals surface area contributed by atoms with Gasteiger partial charge in [0.1, 0.15) is 10.1 Å². The number of hydrogen-bond acceptors (Lipinski definition) is 8. The number of phenolic OH excluding ortho intramolecular Hbond substituents is 1. The Labute approximate surface area is 157 Å². The van der Waals surface area contributed by atoms with Crippen molar-refractivity contribution in [2.24, 2.45) is 0 Å². The molecule has 8 nitrogen and oxygen atoms in total. The molecule has 0 radical (unpaired) electrons. The first kappa shape index (κ1) is 18.0. The fourth-order valence-corrected chi connectivity index (χ4v) is 3.59. The van der Waals surface area contributed by atoms with E-state index in [1.807, 2.05) is 0 Å². The van der Waals surface area contributed by atoms with Crippen molar-refractivity contribution in [3.05, 3.63) is 56.9 Å². The van der Waals surface area contributed by atoms with Crippen LogP contribution in [0.25, 0.3) is 6.08 Å². The first-order chi connectivity index (χ1) is 12.4. The van der Waals surface area contributed by atoms with Crippen molar-refractivity contribution < 1.29 is 24.0 Å². The standard InChI is InChI=1S/C16H12N2O6S2/c1-23-12-6-9(5-11(14(12)19)18(21)22)7-13-15(20)17(16(25)26-13)8-10-3-2-4-24-10/h2-7,19H,8H2,1H3/b13-7-. The number of carbonyl (C=O) groups is 1. The number of thioether (sulfide) groups is 1. The molecule has 1 aromatic carbocycles. The first-order valence-corrected chi connectivity index (χ1v) is 8.46. The number of nitrogens with zero attached hydrogens (tertiary/aromatic N) is 2. The number of nitro benzene ring substituents is 1. The molecular weight excluding hydrogens is 380 g/mol. The maximum atomic E-state index is 12.6. The van der Waals surface area contributed by atoms with Gasteiger partial charge in [-0.2, -0.15) is 0 Å². The quantitative estimate of drug-likeness (QED) is 0.358. The van der Waals surface area contributed by atoms with Gasteiger partial charge >= 0.3 is 5.69 Å². The summed E-state index contributed by atoms with van der Waals surface area (Å²) >= 11 is 6.32. The zero-order valence-corrected chi connectivity index (χ0v) is 15.0. The number of rotatable bonds is 5. The Balaban J connectivity index is 1.93. The Morgan fingerprint density at radius 3 is 2.88 bits per heavy atom. The molecule has 1 aromatic heterocycles. The second-order valence-electron chi connectivity index (χ2n) is 5.20. The number of nitro groups is 1. The maximum Gasteiger partial charge on any atom is 0.315 e. The minimum absolute atomic E-state index is 0.0588. The molecule has 2 heterocycles. The highest BCUT2D eigenvalue weighted by molar-refractivity contribution is 8.26. The number of methoxy groups -OCH3 is 1. The molecule has 2 aromatic rings. The highest BCUT2D eigenvalue weighted by Crippen LogP contribution is 2.39. The molecule has 0 unspecified atom stereocenters. The lowest BCUT2D eigenvalue weighted by Crippen LogP contribution is -2.27. The van der Waals surface area contributed by atoms with E-state index in [0.29, 0.717) is 20.5 Å². The van der Waals surface area contributed by atoms with Gasteiger partial charge in [0.25, 0.3) is 5.91 Å².